The van der Waals surface area contributed by atoms with Crippen LogP contribution in [0.4, 0.5) is 4.39 Å². The van der Waals surface area contributed by atoms with Crippen molar-refractivity contribution in [1.29, 1.82) is 0 Å². The SMILES string of the molecule is CN(C)C(C(=O)NCCNC(=O)c1cccnc1)c1ccccc1F. The van der Waals surface area contributed by atoms with Crippen molar-refractivity contribution in [3.8, 4) is 0 Å². The normalized spacial score (nSPS) is 11.8. The van der Waals surface area contributed by atoms with E-state index in [2.05, 4.69) is 15.6 Å². The standard InChI is InChI=1S/C18H21FN4O2/c1-23(2)16(14-7-3-4-8-15(14)19)18(25)22-11-10-21-17(24)13-6-5-9-20-12-13/h3-9,12,16H,10-11H2,1-2H3,(H,21,24)(H,22,25). The van der Waals surface area contributed by atoms with E-state index in [1.807, 2.05) is 0 Å². The molecule has 1 heterocycles. The monoisotopic (exact) mass is 344 g/mol. The maximum absolute atomic E-state index is 14.0. The number of nitrogens with one attached hydrogen (secondary N) is 2. The van der Waals surface area contributed by atoms with Crippen LogP contribution in [0.1, 0.15) is 22.0 Å². The van der Waals surface area contributed by atoms with Gasteiger partial charge in [-0.25, -0.2) is 4.39 Å². The third-order valence-electron chi connectivity index (χ3n) is 3.60. The Labute approximate surface area is 146 Å². The lowest BCUT2D eigenvalue weighted by Crippen LogP contribution is -2.41. The van der Waals surface area contributed by atoms with Gasteiger partial charge in [0.2, 0.25) is 5.91 Å². The minimum absolute atomic E-state index is 0.240. The number of benzene rings is 1. The largest absolute Gasteiger partial charge is 0.353 e. The molecule has 0 aliphatic carbocycles. The van der Waals surface area contributed by atoms with Crippen molar-refractivity contribution >= 4 is 11.8 Å². The molecule has 0 bridgehead atoms. The van der Waals surface area contributed by atoms with E-state index < -0.39 is 11.9 Å². The fourth-order valence-electron chi connectivity index (χ4n) is 2.41. The molecule has 7 heteroatoms. The first-order valence-corrected chi connectivity index (χ1v) is 7.87. The van der Waals surface area contributed by atoms with Crippen molar-refractivity contribution in [2.45, 2.75) is 6.04 Å². The highest BCUT2D eigenvalue weighted by Crippen LogP contribution is 2.21. The first-order valence-electron chi connectivity index (χ1n) is 7.87. The Balaban J connectivity index is 1.88. The predicted octanol–water partition coefficient (Wildman–Crippen LogP) is 1.37. The van der Waals surface area contributed by atoms with E-state index in [9.17, 15) is 14.0 Å². The number of likely N-dealkylation sites (N-methyl/N-ethyl adjacent to an activating group) is 1. The second-order valence-electron chi connectivity index (χ2n) is 5.68. The Morgan fingerprint density at radius 2 is 1.84 bits per heavy atom. The molecule has 0 fully saturated rings. The van der Waals surface area contributed by atoms with E-state index in [-0.39, 0.29) is 24.9 Å². The first-order chi connectivity index (χ1) is 12.0. The summed E-state index contributed by atoms with van der Waals surface area (Å²) in [6.45, 7) is 0.501. The van der Waals surface area contributed by atoms with Crippen LogP contribution in [0.2, 0.25) is 0 Å². The molecule has 0 aliphatic heterocycles. The summed E-state index contributed by atoms with van der Waals surface area (Å²) in [5, 5.41) is 5.41. The Morgan fingerprint density at radius 1 is 1.12 bits per heavy atom. The van der Waals surface area contributed by atoms with Gasteiger partial charge in [0, 0.05) is 31.0 Å². The van der Waals surface area contributed by atoms with Gasteiger partial charge in [0.05, 0.1) is 5.56 Å². The zero-order chi connectivity index (χ0) is 18.2. The zero-order valence-corrected chi connectivity index (χ0v) is 14.2. The van der Waals surface area contributed by atoms with Gasteiger partial charge in [-0.05, 0) is 32.3 Å². The first kappa shape index (κ1) is 18.5. The maximum atomic E-state index is 14.0. The number of halogens is 1. The molecule has 25 heavy (non-hydrogen) atoms. The zero-order valence-electron chi connectivity index (χ0n) is 14.2. The quantitative estimate of drug-likeness (QED) is 0.744. The van der Waals surface area contributed by atoms with Gasteiger partial charge in [0.15, 0.2) is 0 Å². The molecule has 1 aromatic heterocycles. The molecule has 2 N–H and O–H groups in total. The van der Waals surface area contributed by atoms with Crippen LogP contribution in [-0.2, 0) is 4.79 Å². The summed E-state index contributed by atoms with van der Waals surface area (Å²) in [5.74, 6) is -1.02. The van der Waals surface area contributed by atoms with Crippen molar-refractivity contribution < 1.29 is 14.0 Å². The van der Waals surface area contributed by atoms with Gasteiger partial charge < -0.3 is 10.6 Å². The molecule has 1 aromatic carbocycles. The highest BCUT2D eigenvalue weighted by Gasteiger charge is 2.25. The van der Waals surface area contributed by atoms with Gasteiger partial charge in [0.1, 0.15) is 11.9 Å². The highest BCUT2D eigenvalue weighted by atomic mass is 19.1. The van der Waals surface area contributed by atoms with E-state index in [0.29, 0.717) is 11.1 Å². The third-order valence-corrected chi connectivity index (χ3v) is 3.60. The van der Waals surface area contributed by atoms with Gasteiger partial charge in [-0.3, -0.25) is 19.5 Å². The van der Waals surface area contributed by atoms with Crippen molar-refractivity contribution in [3.63, 3.8) is 0 Å². The average Bonchev–Trinajstić information content (AvgIpc) is 2.61. The molecule has 2 aromatic rings. The molecule has 0 saturated heterocycles. The van der Waals surface area contributed by atoms with Gasteiger partial charge in [-0.2, -0.15) is 0 Å². The van der Waals surface area contributed by atoms with Gasteiger partial charge in [-0.15, -0.1) is 0 Å². The smallest absolute Gasteiger partial charge is 0.252 e. The molecule has 0 saturated carbocycles. The molecule has 1 atom stereocenters. The van der Waals surface area contributed by atoms with Crippen LogP contribution in [0.3, 0.4) is 0 Å². The Bertz CT molecular complexity index is 722. The lowest BCUT2D eigenvalue weighted by molar-refractivity contribution is -0.125. The number of carbonyl (C=O) groups excluding carboxylic acids is 2. The van der Waals surface area contributed by atoms with Crippen LogP contribution in [0.25, 0.3) is 0 Å². The minimum atomic E-state index is -0.741. The summed E-state index contributed by atoms with van der Waals surface area (Å²) in [6, 6.07) is 8.77. The molecule has 0 radical (unpaired) electrons. The van der Waals surface area contributed by atoms with Gasteiger partial charge in [-0.1, -0.05) is 18.2 Å². The number of aromatic nitrogens is 1. The summed E-state index contributed by atoms with van der Waals surface area (Å²) in [7, 11) is 3.42. The Hall–Kier alpha value is -2.80. The maximum Gasteiger partial charge on any atom is 0.252 e. The molecular formula is C18H21FN4O2. The Kier molecular flexibility index (Phi) is 6.59. The van der Waals surface area contributed by atoms with Crippen molar-refractivity contribution in [2.24, 2.45) is 0 Å². The topological polar surface area (TPSA) is 74.3 Å². The number of rotatable bonds is 7. The molecule has 2 rings (SSSR count). The molecule has 1 unspecified atom stereocenters. The molecule has 2 amide bonds. The van der Waals surface area contributed by atoms with Crippen LogP contribution in [0.15, 0.2) is 48.8 Å². The minimum Gasteiger partial charge on any atom is -0.353 e. The summed E-state index contributed by atoms with van der Waals surface area (Å²) >= 11 is 0. The second kappa shape index (κ2) is 8.89. The van der Waals surface area contributed by atoms with Crippen LogP contribution in [0, 0.1) is 5.82 Å². The molecule has 132 valence electrons. The summed E-state index contributed by atoms with van der Waals surface area (Å²) in [5.41, 5.74) is 0.760. The second-order valence-corrected chi connectivity index (χ2v) is 5.68. The van der Waals surface area contributed by atoms with E-state index in [1.165, 1.54) is 12.3 Å². The fraction of sp³-hybridized carbons (Fsp3) is 0.278. The fourth-order valence-corrected chi connectivity index (χ4v) is 2.41. The molecular weight excluding hydrogens is 323 g/mol. The van der Waals surface area contributed by atoms with E-state index in [0.717, 1.165) is 0 Å². The predicted molar refractivity (Wildman–Crippen MR) is 92.4 cm³/mol. The number of carbonyl (C=O) groups is 2. The summed E-state index contributed by atoms with van der Waals surface area (Å²) < 4.78 is 14.0. The summed E-state index contributed by atoms with van der Waals surface area (Å²) in [4.78, 5) is 29.8. The van der Waals surface area contributed by atoms with Crippen LogP contribution < -0.4 is 10.6 Å². The number of pyridine rings is 1. The molecule has 6 nitrogen and oxygen atoms in total. The number of nitrogens with zero attached hydrogens (tertiary/aromatic N) is 2. The van der Waals surface area contributed by atoms with E-state index in [4.69, 9.17) is 0 Å². The van der Waals surface area contributed by atoms with Gasteiger partial charge in [0.25, 0.3) is 5.91 Å². The molecule has 0 spiro atoms. The number of hydrogen-bond donors (Lipinski definition) is 2. The van der Waals surface area contributed by atoms with Crippen molar-refractivity contribution in [1.82, 2.24) is 20.5 Å². The number of hydrogen-bond acceptors (Lipinski definition) is 4. The third kappa shape index (κ3) is 5.09. The van der Waals surface area contributed by atoms with Crippen LogP contribution >= 0.6 is 0 Å². The number of amides is 2. The van der Waals surface area contributed by atoms with Crippen molar-refractivity contribution in [3.05, 3.63) is 65.7 Å². The lowest BCUT2D eigenvalue weighted by atomic mass is 10.0. The summed E-state index contributed by atoms with van der Waals surface area (Å²) in [6.07, 6.45) is 3.05. The van der Waals surface area contributed by atoms with Crippen molar-refractivity contribution in [2.75, 3.05) is 27.2 Å². The van der Waals surface area contributed by atoms with Crippen LogP contribution in [0.5, 0.6) is 0 Å². The molecule has 0 aliphatic rings. The van der Waals surface area contributed by atoms with Gasteiger partial charge >= 0.3 is 0 Å². The Morgan fingerprint density at radius 3 is 2.48 bits per heavy atom. The van der Waals surface area contributed by atoms with E-state index >= 15 is 0 Å². The average molecular weight is 344 g/mol. The van der Waals surface area contributed by atoms with Crippen LogP contribution in [-0.4, -0.2) is 48.9 Å². The lowest BCUT2D eigenvalue weighted by Gasteiger charge is -2.24. The van der Waals surface area contributed by atoms with E-state index in [1.54, 1.807) is 55.5 Å². The highest BCUT2D eigenvalue weighted by molar-refractivity contribution is 5.93.